The molecular weight excluding hydrogens is 240 g/mol. The quantitative estimate of drug-likeness (QED) is 0.862. The molecule has 0 aliphatic heterocycles. The van der Waals surface area contributed by atoms with Gasteiger partial charge in [-0.2, -0.15) is 4.31 Å². The molecule has 1 rings (SSSR count). The van der Waals surface area contributed by atoms with Crippen molar-refractivity contribution in [1.29, 1.82) is 0 Å². The fourth-order valence-corrected chi connectivity index (χ4v) is 2.92. The average molecular weight is 258 g/mol. The lowest BCUT2D eigenvalue weighted by Crippen LogP contribution is -2.35. The van der Waals surface area contributed by atoms with Crippen LogP contribution in [0.1, 0.15) is 26.7 Å². The molecule has 0 saturated carbocycles. The molecule has 6 heteroatoms. The van der Waals surface area contributed by atoms with Crippen molar-refractivity contribution in [3.8, 4) is 0 Å². The van der Waals surface area contributed by atoms with Gasteiger partial charge in [-0.3, -0.25) is 4.79 Å². The molecule has 0 aliphatic rings. The molecule has 0 fully saturated rings. The van der Waals surface area contributed by atoms with Gasteiger partial charge in [-0.25, -0.2) is 8.42 Å². The zero-order chi connectivity index (χ0) is 13.1. The number of hydrogen-bond donors (Lipinski definition) is 1. The van der Waals surface area contributed by atoms with E-state index >= 15 is 0 Å². The molecule has 0 amide bonds. The fourth-order valence-electron chi connectivity index (χ4n) is 1.56. The first-order chi connectivity index (χ1) is 7.89. The molecule has 1 aromatic rings. The standard InChI is InChI=1S/C11H18N2O3S/c1-4-5-9(2)13(3)17(15,16)10-6-7-11(14)12-8-10/h6-9H,4-5H2,1-3H3,(H,12,14). The van der Waals surface area contributed by atoms with E-state index in [2.05, 4.69) is 4.98 Å². The van der Waals surface area contributed by atoms with Crippen LogP contribution < -0.4 is 5.56 Å². The molecule has 0 aliphatic carbocycles. The molecule has 0 saturated heterocycles. The van der Waals surface area contributed by atoms with Crippen LogP contribution in [0.25, 0.3) is 0 Å². The lowest BCUT2D eigenvalue weighted by atomic mass is 10.2. The van der Waals surface area contributed by atoms with Gasteiger partial charge in [0.2, 0.25) is 15.6 Å². The van der Waals surface area contributed by atoms with Crippen LogP contribution >= 0.6 is 0 Å². The van der Waals surface area contributed by atoms with Crippen LogP contribution in [0.15, 0.2) is 28.0 Å². The second-order valence-electron chi connectivity index (χ2n) is 4.05. The van der Waals surface area contributed by atoms with Crippen molar-refractivity contribution < 1.29 is 8.42 Å². The predicted molar refractivity (Wildman–Crippen MR) is 66.4 cm³/mol. The third-order valence-corrected chi connectivity index (χ3v) is 4.73. The van der Waals surface area contributed by atoms with E-state index in [0.717, 1.165) is 12.8 Å². The molecular formula is C11H18N2O3S. The van der Waals surface area contributed by atoms with Gasteiger partial charge in [0.05, 0.1) is 4.90 Å². The maximum absolute atomic E-state index is 12.2. The highest BCUT2D eigenvalue weighted by Gasteiger charge is 2.24. The number of aromatic nitrogens is 1. The van der Waals surface area contributed by atoms with E-state index in [-0.39, 0.29) is 16.5 Å². The van der Waals surface area contributed by atoms with Crippen molar-refractivity contribution >= 4 is 10.0 Å². The summed E-state index contributed by atoms with van der Waals surface area (Å²) in [6, 6.07) is 2.48. The highest BCUT2D eigenvalue weighted by Crippen LogP contribution is 2.16. The van der Waals surface area contributed by atoms with Crippen LogP contribution in [0, 0.1) is 0 Å². The number of nitrogens with one attached hydrogen (secondary N) is 1. The Bertz CT molecular complexity index is 501. The minimum absolute atomic E-state index is 0.0584. The van der Waals surface area contributed by atoms with E-state index < -0.39 is 10.0 Å². The Morgan fingerprint density at radius 2 is 2.06 bits per heavy atom. The fraction of sp³-hybridized carbons (Fsp3) is 0.545. The second kappa shape index (κ2) is 5.46. The number of hydrogen-bond acceptors (Lipinski definition) is 3. The number of sulfonamides is 1. The van der Waals surface area contributed by atoms with Gasteiger partial charge in [-0.05, 0) is 19.4 Å². The molecule has 0 bridgehead atoms. The molecule has 0 aromatic carbocycles. The number of H-pyrrole nitrogens is 1. The topological polar surface area (TPSA) is 70.2 Å². The lowest BCUT2D eigenvalue weighted by Gasteiger charge is -2.23. The Kier molecular flexibility index (Phi) is 4.47. The molecule has 1 atom stereocenters. The van der Waals surface area contributed by atoms with Gasteiger partial charge >= 0.3 is 0 Å². The highest BCUT2D eigenvalue weighted by atomic mass is 32.2. The van der Waals surface area contributed by atoms with Gasteiger partial charge in [0, 0.05) is 25.4 Å². The molecule has 5 nitrogen and oxygen atoms in total. The number of aromatic amines is 1. The first-order valence-corrected chi connectivity index (χ1v) is 7.00. The SMILES string of the molecule is CCCC(C)N(C)S(=O)(=O)c1ccc(=O)[nH]c1. The van der Waals surface area contributed by atoms with Crippen molar-refractivity contribution in [3.63, 3.8) is 0 Å². The summed E-state index contributed by atoms with van der Waals surface area (Å²) in [5, 5.41) is 0. The summed E-state index contributed by atoms with van der Waals surface area (Å²) in [5.41, 5.74) is -0.312. The maximum Gasteiger partial charge on any atom is 0.247 e. The van der Waals surface area contributed by atoms with Crippen molar-refractivity contribution in [2.75, 3.05) is 7.05 Å². The summed E-state index contributed by atoms with van der Waals surface area (Å²) >= 11 is 0. The number of pyridine rings is 1. The first kappa shape index (κ1) is 13.9. The summed E-state index contributed by atoms with van der Waals surface area (Å²) in [7, 11) is -1.96. The zero-order valence-electron chi connectivity index (χ0n) is 10.3. The Hall–Kier alpha value is -1.14. The Labute approximate surface area is 102 Å². The van der Waals surface area contributed by atoms with E-state index in [4.69, 9.17) is 0 Å². The van der Waals surface area contributed by atoms with Crippen LogP contribution in [-0.4, -0.2) is 30.8 Å². The van der Waals surface area contributed by atoms with E-state index in [9.17, 15) is 13.2 Å². The van der Waals surface area contributed by atoms with Crippen molar-refractivity contribution in [1.82, 2.24) is 9.29 Å². The van der Waals surface area contributed by atoms with Crippen molar-refractivity contribution in [3.05, 3.63) is 28.7 Å². The Morgan fingerprint density at radius 3 is 2.53 bits per heavy atom. The third-order valence-electron chi connectivity index (χ3n) is 2.76. The second-order valence-corrected chi connectivity index (χ2v) is 6.05. The number of rotatable bonds is 5. The minimum atomic E-state index is -3.51. The van der Waals surface area contributed by atoms with Gasteiger partial charge in [0.1, 0.15) is 0 Å². The summed E-state index contributed by atoms with van der Waals surface area (Å²) in [6.07, 6.45) is 2.96. The highest BCUT2D eigenvalue weighted by molar-refractivity contribution is 7.89. The van der Waals surface area contributed by atoms with Gasteiger partial charge in [-0.1, -0.05) is 13.3 Å². The van der Waals surface area contributed by atoms with E-state index in [1.54, 1.807) is 7.05 Å². The summed E-state index contributed by atoms with van der Waals surface area (Å²) < 4.78 is 25.7. The molecule has 1 unspecified atom stereocenters. The van der Waals surface area contributed by atoms with Crippen molar-refractivity contribution in [2.45, 2.75) is 37.6 Å². The van der Waals surface area contributed by atoms with Gasteiger partial charge in [-0.15, -0.1) is 0 Å². The lowest BCUT2D eigenvalue weighted by molar-refractivity contribution is 0.368. The molecule has 1 aromatic heterocycles. The minimum Gasteiger partial charge on any atom is -0.328 e. The van der Waals surface area contributed by atoms with E-state index in [0.29, 0.717) is 0 Å². The Morgan fingerprint density at radius 1 is 1.41 bits per heavy atom. The van der Waals surface area contributed by atoms with Crippen LogP contribution in [-0.2, 0) is 10.0 Å². The smallest absolute Gasteiger partial charge is 0.247 e. The Balaban J connectivity index is 3.02. The van der Waals surface area contributed by atoms with Crippen LogP contribution in [0.2, 0.25) is 0 Å². The maximum atomic E-state index is 12.2. The van der Waals surface area contributed by atoms with Crippen molar-refractivity contribution in [2.24, 2.45) is 0 Å². The zero-order valence-corrected chi connectivity index (χ0v) is 11.1. The summed E-state index contributed by atoms with van der Waals surface area (Å²) in [4.78, 5) is 13.4. The van der Waals surface area contributed by atoms with E-state index in [1.165, 1.54) is 22.6 Å². The molecule has 96 valence electrons. The molecule has 1 heterocycles. The molecule has 0 radical (unpaired) electrons. The van der Waals surface area contributed by atoms with Gasteiger partial charge in [0.15, 0.2) is 0 Å². The third kappa shape index (κ3) is 3.17. The average Bonchev–Trinajstić information content (AvgIpc) is 2.29. The molecule has 0 spiro atoms. The monoisotopic (exact) mass is 258 g/mol. The largest absolute Gasteiger partial charge is 0.328 e. The number of nitrogens with zero attached hydrogens (tertiary/aromatic N) is 1. The van der Waals surface area contributed by atoms with Crippen LogP contribution in [0.5, 0.6) is 0 Å². The summed E-state index contributed by atoms with van der Waals surface area (Å²) in [5.74, 6) is 0. The molecule has 1 N–H and O–H groups in total. The van der Waals surface area contributed by atoms with Gasteiger partial charge in [0.25, 0.3) is 0 Å². The molecule has 17 heavy (non-hydrogen) atoms. The van der Waals surface area contributed by atoms with Crippen LogP contribution in [0.3, 0.4) is 0 Å². The van der Waals surface area contributed by atoms with Gasteiger partial charge < -0.3 is 4.98 Å². The van der Waals surface area contributed by atoms with Crippen LogP contribution in [0.4, 0.5) is 0 Å². The summed E-state index contributed by atoms with van der Waals surface area (Å²) in [6.45, 7) is 3.88. The normalized spacial score (nSPS) is 13.9. The predicted octanol–water partition coefficient (Wildman–Crippen LogP) is 1.18. The first-order valence-electron chi connectivity index (χ1n) is 5.56. The van der Waals surface area contributed by atoms with E-state index in [1.807, 2.05) is 13.8 Å².